The van der Waals surface area contributed by atoms with E-state index in [0.29, 0.717) is 11.4 Å². The van der Waals surface area contributed by atoms with E-state index in [0.717, 1.165) is 11.1 Å². The molecule has 126 valence electrons. The van der Waals surface area contributed by atoms with Crippen LogP contribution in [0, 0.1) is 6.92 Å². The number of aryl methyl sites for hydroxylation is 1. The second kappa shape index (κ2) is 6.26. The van der Waals surface area contributed by atoms with E-state index in [2.05, 4.69) is 10.0 Å². The molecule has 7 heteroatoms. The van der Waals surface area contributed by atoms with Gasteiger partial charge in [-0.2, -0.15) is 0 Å². The molecule has 0 fully saturated rings. The molecule has 1 aliphatic heterocycles. The molecular formula is C17H18N2O4S. The molecule has 0 radical (unpaired) electrons. The Labute approximate surface area is 140 Å². The van der Waals surface area contributed by atoms with Crippen LogP contribution >= 0.6 is 0 Å². The Morgan fingerprint density at radius 2 is 2.00 bits per heavy atom. The SMILES string of the molecule is Cc1cccc(CNS(=O)(=O)c2ccc3c(c2)NC(=O)C(C)O3)c1. The number of amides is 1. The first-order chi connectivity index (χ1) is 11.3. The van der Waals surface area contributed by atoms with Crippen LogP contribution < -0.4 is 14.8 Å². The van der Waals surface area contributed by atoms with Crippen LogP contribution in [-0.4, -0.2) is 20.4 Å². The maximum absolute atomic E-state index is 12.5. The van der Waals surface area contributed by atoms with E-state index < -0.39 is 16.1 Å². The highest BCUT2D eigenvalue weighted by molar-refractivity contribution is 7.89. The molecule has 0 bridgehead atoms. The van der Waals surface area contributed by atoms with Crippen molar-refractivity contribution in [1.29, 1.82) is 0 Å². The summed E-state index contributed by atoms with van der Waals surface area (Å²) < 4.78 is 32.9. The van der Waals surface area contributed by atoms with Crippen molar-refractivity contribution in [1.82, 2.24) is 4.72 Å². The van der Waals surface area contributed by atoms with E-state index in [1.54, 1.807) is 13.0 Å². The van der Waals surface area contributed by atoms with Gasteiger partial charge in [0.15, 0.2) is 6.10 Å². The van der Waals surface area contributed by atoms with Crippen molar-refractivity contribution in [2.45, 2.75) is 31.4 Å². The molecule has 6 nitrogen and oxygen atoms in total. The van der Waals surface area contributed by atoms with Gasteiger partial charge in [-0.3, -0.25) is 4.79 Å². The summed E-state index contributed by atoms with van der Waals surface area (Å²) >= 11 is 0. The van der Waals surface area contributed by atoms with Gasteiger partial charge in [0, 0.05) is 6.54 Å². The highest BCUT2D eigenvalue weighted by Gasteiger charge is 2.25. The standard InChI is InChI=1S/C17H18N2O4S/c1-11-4-3-5-13(8-11)10-18-24(21,22)14-6-7-16-15(9-14)19-17(20)12(2)23-16/h3-9,12,18H,10H2,1-2H3,(H,19,20). The first kappa shape index (κ1) is 16.5. The highest BCUT2D eigenvalue weighted by atomic mass is 32.2. The summed E-state index contributed by atoms with van der Waals surface area (Å²) in [5.41, 5.74) is 2.30. The van der Waals surface area contributed by atoms with Gasteiger partial charge in [-0.15, -0.1) is 0 Å². The van der Waals surface area contributed by atoms with Crippen molar-refractivity contribution in [3.05, 3.63) is 53.6 Å². The molecule has 0 saturated heterocycles. The second-order valence-electron chi connectivity index (χ2n) is 5.72. The number of sulfonamides is 1. The van der Waals surface area contributed by atoms with E-state index in [1.807, 2.05) is 31.2 Å². The van der Waals surface area contributed by atoms with E-state index in [4.69, 9.17) is 4.74 Å². The Kier molecular flexibility index (Phi) is 4.29. The molecule has 0 aromatic heterocycles. The molecule has 2 aromatic carbocycles. The average molecular weight is 346 g/mol. The van der Waals surface area contributed by atoms with Crippen molar-refractivity contribution in [3.8, 4) is 5.75 Å². The number of hydrogen-bond acceptors (Lipinski definition) is 4. The van der Waals surface area contributed by atoms with Crippen molar-refractivity contribution in [3.63, 3.8) is 0 Å². The highest BCUT2D eigenvalue weighted by Crippen LogP contribution is 2.31. The number of fused-ring (bicyclic) bond motifs is 1. The maximum atomic E-state index is 12.5. The zero-order chi connectivity index (χ0) is 17.3. The summed E-state index contributed by atoms with van der Waals surface area (Å²) in [6, 6.07) is 12.0. The molecule has 1 aliphatic rings. The van der Waals surface area contributed by atoms with E-state index in [-0.39, 0.29) is 17.3 Å². The minimum Gasteiger partial charge on any atom is -0.479 e. The zero-order valence-corrected chi connectivity index (χ0v) is 14.2. The van der Waals surface area contributed by atoms with Crippen molar-refractivity contribution in [2.24, 2.45) is 0 Å². The van der Waals surface area contributed by atoms with Gasteiger partial charge in [-0.05, 0) is 37.6 Å². The zero-order valence-electron chi connectivity index (χ0n) is 13.4. The molecule has 1 atom stereocenters. The van der Waals surface area contributed by atoms with Crippen LogP contribution in [0.1, 0.15) is 18.1 Å². The van der Waals surface area contributed by atoms with E-state index >= 15 is 0 Å². The van der Waals surface area contributed by atoms with Crippen LogP contribution in [0.5, 0.6) is 5.75 Å². The summed E-state index contributed by atoms with van der Waals surface area (Å²) in [6.45, 7) is 3.78. The molecule has 2 aromatic rings. The summed E-state index contributed by atoms with van der Waals surface area (Å²) in [5.74, 6) is 0.157. The van der Waals surface area contributed by atoms with Gasteiger partial charge in [0.05, 0.1) is 10.6 Å². The summed E-state index contributed by atoms with van der Waals surface area (Å²) in [6.07, 6.45) is -0.598. The molecular weight excluding hydrogens is 328 g/mol. The van der Waals surface area contributed by atoms with Gasteiger partial charge in [0.1, 0.15) is 5.75 Å². The van der Waals surface area contributed by atoms with Crippen LogP contribution in [0.4, 0.5) is 5.69 Å². The Bertz CT molecular complexity index is 893. The Morgan fingerprint density at radius 1 is 1.21 bits per heavy atom. The van der Waals surface area contributed by atoms with Crippen molar-refractivity contribution in [2.75, 3.05) is 5.32 Å². The molecule has 2 N–H and O–H groups in total. The summed E-state index contributed by atoms with van der Waals surface area (Å²) in [7, 11) is -3.69. The maximum Gasteiger partial charge on any atom is 0.265 e. The smallest absolute Gasteiger partial charge is 0.265 e. The first-order valence-corrected chi connectivity index (χ1v) is 9.00. The summed E-state index contributed by atoms with van der Waals surface area (Å²) in [4.78, 5) is 11.7. The number of rotatable bonds is 4. The molecule has 1 unspecified atom stereocenters. The first-order valence-electron chi connectivity index (χ1n) is 7.52. The Morgan fingerprint density at radius 3 is 2.75 bits per heavy atom. The fraction of sp³-hybridized carbons (Fsp3) is 0.235. The quantitative estimate of drug-likeness (QED) is 0.889. The van der Waals surface area contributed by atoms with Gasteiger partial charge < -0.3 is 10.1 Å². The molecule has 0 saturated carbocycles. The predicted molar refractivity (Wildman–Crippen MR) is 90.4 cm³/mol. The number of hydrogen-bond donors (Lipinski definition) is 2. The molecule has 1 amide bonds. The van der Waals surface area contributed by atoms with E-state index in [9.17, 15) is 13.2 Å². The van der Waals surface area contributed by atoms with E-state index in [1.165, 1.54) is 12.1 Å². The van der Waals surface area contributed by atoms with Gasteiger partial charge in [-0.1, -0.05) is 29.8 Å². The normalized spacial score (nSPS) is 16.9. The fourth-order valence-corrected chi connectivity index (χ4v) is 3.48. The third-order valence-electron chi connectivity index (χ3n) is 3.74. The molecule has 3 rings (SSSR count). The number of nitrogens with one attached hydrogen (secondary N) is 2. The number of carbonyl (C=O) groups excluding carboxylic acids is 1. The van der Waals surface area contributed by atoms with Crippen molar-refractivity contribution >= 4 is 21.6 Å². The van der Waals surface area contributed by atoms with Gasteiger partial charge in [-0.25, -0.2) is 13.1 Å². The summed E-state index contributed by atoms with van der Waals surface area (Å²) in [5, 5.41) is 2.65. The minimum absolute atomic E-state index is 0.0763. The van der Waals surface area contributed by atoms with Crippen LogP contribution in [0.15, 0.2) is 47.4 Å². The topological polar surface area (TPSA) is 84.5 Å². The van der Waals surface area contributed by atoms with Gasteiger partial charge >= 0.3 is 0 Å². The molecule has 0 aliphatic carbocycles. The number of carbonyl (C=O) groups is 1. The Balaban J connectivity index is 1.80. The third kappa shape index (κ3) is 3.42. The van der Waals surface area contributed by atoms with Crippen LogP contribution in [0.3, 0.4) is 0 Å². The lowest BCUT2D eigenvalue weighted by Gasteiger charge is -2.23. The largest absolute Gasteiger partial charge is 0.479 e. The second-order valence-corrected chi connectivity index (χ2v) is 7.49. The molecule has 24 heavy (non-hydrogen) atoms. The van der Waals surface area contributed by atoms with Crippen molar-refractivity contribution < 1.29 is 17.9 Å². The fourth-order valence-electron chi connectivity index (χ4n) is 2.44. The van der Waals surface area contributed by atoms with Crippen LogP contribution in [-0.2, 0) is 21.4 Å². The Hall–Kier alpha value is -2.38. The lowest BCUT2D eigenvalue weighted by molar-refractivity contribution is -0.122. The molecule has 0 spiro atoms. The lowest BCUT2D eigenvalue weighted by Crippen LogP contribution is -2.34. The van der Waals surface area contributed by atoms with Gasteiger partial charge in [0.2, 0.25) is 10.0 Å². The number of benzene rings is 2. The van der Waals surface area contributed by atoms with Gasteiger partial charge in [0.25, 0.3) is 5.91 Å². The number of ether oxygens (including phenoxy) is 1. The predicted octanol–water partition coefficient (Wildman–Crippen LogP) is 2.19. The lowest BCUT2D eigenvalue weighted by atomic mass is 10.1. The van der Waals surface area contributed by atoms with Crippen LogP contribution in [0.2, 0.25) is 0 Å². The third-order valence-corrected chi connectivity index (χ3v) is 5.14. The van der Waals surface area contributed by atoms with Crippen LogP contribution in [0.25, 0.3) is 0 Å². The average Bonchev–Trinajstić information content (AvgIpc) is 2.54. The molecule has 1 heterocycles. The minimum atomic E-state index is -3.69. The monoisotopic (exact) mass is 346 g/mol. The number of anilines is 1.